The second-order valence-electron chi connectivity index (χ2n) is 4.33. The molecular weight excluding hydrogens is 250 g/mol. The van der Waals surface area contributed by atoms with Gasteiger partial charge in [-0.15, -0.1) is 0 Å². The van der Waals surface area contributed by atoms with Gasteiger partial charge in [0.25, 0.3) is 0 Å². The molecule has 0 aliphatic rings. The van der Waals surface area contributed by atoms with Gasteiger partial charge < -0.3 is 10.1 Å². The van der Waals surface area contributed by atoms with E-state index in [2.05, 4.69) is 29.1 Å². The summed E-state index contributed by atoms with van der Waals surface area (Å²) in [6.07, 6.45) is 7.36. The van der Waals surface area contributed by atoms with Crippen LogP contribution in [0.4, 0.5) is 5.82 Å². The third-order valence-corrected chi connectivity index (χ3v) is 3.07. The van der Waals surface area contributed by atoms with Crippen LogP contribution in [0.25, 0.3) is 0 Å². The Morgan fingerprint density at radius 3 is 2.72 bits per heavy atom. The first kappa shape index (κ1) is 15.0. The molecule has 1 aromatic heterocycles. The standard InChI is InChI=1S/C13H22ClN3O/c1-4-6-8-10(7-5-2)16-12-11(14)9-15-13(17-12)18-3/h9-10H,4-8H2,1-3H3,(H,15,16,17). The molecule has 1 heterocycles. The Morgan fingerprint density at radius 1 is 1.33 bits per heavy atom. The van der Waals surface area contributed by atoms with Crippen LogP contribution in [0.2, 0.25) is 5.02 Å². The molecule has 1 rings (SSSR count). The van der Waals surface area contributed by atoms with Gasteiger partial charge in [0, 0.05) is 6.04 Å². The highest BCUT2D eigenvalue weighted by Crippen LogP contribution is 2.23. The van der Waals surface area contributed by atoms with E-state index in [-0.39, 0.29) is 0 Å². The first-order chi connectivity index (χ1) is 8.71. The molecule has 0 saturated heterocycles. The van der Waals surface area contributed by atoms with E-state index < -0.39 is 0 Å². The van der Waals surface area contributed by atoms with Gasteiger partial charge in [-0.25, -0.2) is 4.98 Å². The number of nitrogens with zero attached hydrogens (tertiary/aromatic N) is 2. The summed E-state index contributed by atoms with van der Waals surface area (Å²) in [6, 6.07) is 0.750. The van der Waals surface area contributed by atoms with Gasteiger partial charge in [-0.3, -0.25) is 0 Å². The van der Waals surface area contributed by atoms with Crippen molar-refractivity contribution < 1.29 is 4.74 Å². The molecule has 1 atom stereocenters. The zero-order chi connectivity index (χ0) is 13.4. The minimum Gasteiger partial charge on any atom is -0.467 e. The summed E-state index contributed by atoms with van der Waals surface area (Å²) in [6.45, 7) is 4.38. The van der Waals surface area contributed by atoms with Crippen molar-refractivity contribution in [2.45, 2.75) is 52.0 Å². The zero-order valence-electron chi connectivity index (χ0n) is 11.4. The van der Waals surface area contributed by atoms with Gasteiger partial charge in [0.2, 0.25) is 0 Å². The van der Waals surface area contributed by atoms with Crippen molar-refractivity contribution in [2.24, 2.45) is 0 Å². The number of rotatable bonds is 8. The zero-order valence-corrected chi connectivity index (χ0v) is 12.1. The molecule has 1 aromatic rings. The van der Waals surface area contributed by atoms with Crippen LogP contribution in [-0.2, 0) is 0 Å². The van der Waals surface area contributed by atoms with Gasteiger partial charge in [0.1, 0.15) is 5.02 Å². The van der Waals surface area contributed by atoms with E-state index in [1.54, 1.807) is 13.3 Å². The highest BCUT2D eigenvalue weighted by molar-refractivity contribution is 6.32. The lowest BCUT2D eigenvalue weighted by molar-refractivity contribution is 0.380. The summed E-state index contributed by atoms with van der Waals surface area (Å²) in [4.78, 5) is 8.21. The number of hydrogen-bond acceptors (Lipinski definition) is 4. The molecule has 1 N–H and O–H groups in total. The van der Waals surface area contributed by atoms with Crippen LogP contribution in [0.1, 0.15) is 46.0 Å². The third-order valence-electron chi connectivity index (χ3n) is 2.79. The second kappa shape index (κ2) is 8.14. The molecule has 18 heavy (non-hydrogen) atoms. The Kier molecular flexibility index (Phi) is 6.80. The molecule has 0 spiro atoms. The van der Waals surface area contributed by atoms with Crippen molar-refractivity contribution in [2.75, 3.05) is 12.4 Å². The Morgan fingerprint density at radius 2 is 2.11 bits per heavy atom. The normalized spacial score (nSPS) is 12.2. The predicted molar refractivity (Wildman–Crippen MR) is 75.4 cm³/mol. The van der Waals surface area contributed by atoms with Crippen LogP contribution in [0.5, 0.6) is 6.01 Å². The molecule has 0 fully saturated rings. The van der Waals surface area contributed by atoms with Crippen molar-refractivity contribution in [3.8, 4) is 6.01 Å². The molecule has 0 amide bonds. The monoisotopic (exact) mass is 271 g/mol. The smallest absolute Gasteiger partial charge is 0.318 e. The maximum absolute atomic E-state index is 6.09. The molecule has 0 bridgehead atoms. The maximum Gasteiger partial charge on any atom is 0.318 e. The fraction of sp³-hybridized carbons (Fsp3) is 0.692. The molecule has 0 aliphatic carbocycles. The van der Waals surface area contributed by atoms with Crippen LogP contribution < -0.4 is 10.1 Å². The second-order valence-corrected chi connectivity index (χ2v) is 4.73. The van der Waals surface area contributed by atoms with Gasteiger partial charge in [0.05, 0.1) is 13.3 Å². The molecule has 0 aliphatic heterocycles. The van der Waals surface area contributed by atoms with E-state index in [9.17, 15) is 0 Å². The topological polar surface area (TPSA) is 47.0 Å². The number of unbranched alkanes of at least 4 members (excludes halogenated alkanes) is 1. The summed E-state index contributed by atoms with van der Waals surface area (Å²) in [5.74, 6) is 0.665. The Hall–Kier alpha value is -1.03. The summed E-state index contributed by atoms with van der Waals surface area (Å²) in [5.41, 5.74) is 0. The summed E-state index contributed by atoms with van der Waals surface area (Å²) in [5, 5.41) is 3.93. The number of methoxy groups -OCH3 is 1. The number of anilines is 1. The van der Waals surface area contributed by atoms with Crippen molar-refractivity contribution >= 4 is 17.4 Å². The largest absolute Gasteiger partial charge is 0.467 e. The quantitative estimate of drug-likeness (QED) is 0.779. The Bertz CT molecular complexity index is 360. The molecule has 102 valence electrons. The van der Waals surface area contributed by atoms with Crippen LogP contribution in [0.3, 0.4) is 0 Å². The molecular formula is C13H22ClN3O. The average molecular weight is 272 g/mol. The fourth-order valence-electron chi connectivity index (χ4n) is 1.83. The number of hydrogen-bond donors (Lipinski definition) is 1. The maximum atomic E-state index is 6.09. The minimum absolute atomic E-state index is 0.340. The first-order valence-corrected chi connectivity index (χ1v) is 6.92. The van der Waals surface area contributed by atoms with Crippen LogP contribution >= 0.6 is 11.6 Å². The predicted octanol–water partition coefficient (Wildman–Crippen LogP) is 3.91. The summed E-state index contributed by atoms with van der Waals surface area (Å²) < 4.78 is 5.01. The molecule has 0 saturated carbocycles. The molecule has 0 aromatic carbocycles. The lowest BCUT2D eigenvalue weighted by atomic mass is 10.1. The first-order valence-electron chi connectivity index (χ1n) is 6.54. The molecule has 4 nitrogen and oxygen atoms in total. The highest BCUT2D eigenvalue weighted by Gasteiger charge is 2.11. The van der Waals surface area contributed by atoms with Crippen molar-refractivity contribution in [3.05, 3.63) is 11.2 Å². The number of aromatic nitrogens is 2. The molecule has 5 heteroatoms. The van der Waals surface area contributed by atoms with E-state index >= 15 is 0 Å². The SMILES string of the molecule is CCCCC(CCC)Nc1nc(OC)ncc1Cl. The van der Waals surface area contributed by atoms with E-state index in [1.807, 2.05) is 0 Å². The average Bonchev–Trinajstić information content (AvgIpc) is 2.38. The van der Waals surface area contributed by atoms with Crippen molar-refractivity contribution in [3.63, 3.8) is 0 Å². The Balaban J connectivity index is 2.72. The minimum atomic E-state index is 0.340. The highest BCUT2D eigenvalue weighted by atomic mass is 35.5. The fourth-order valence-corrected chi connectivity index (χ4v) is 1.98. The van der Waals surface area contributed by atoms with E-state index in [0.717, 1.165) is 19.3 Å². The van der Waals surface area contributed by atoms with Crippen molar-refractivity contribution in [1.29, 1.82) is 0 Å². The number of nitrogens with one attached hydrogen (secondary N) is 1. The van der Waals surface area contributed by atoms with Gasteiger partial charge in [-0.05, 0) is 12.8 Å². The van der Waals surface area contributed by atoms with E-state index in [0.29, 0.717) is 22.9 Å². The van der Waals surface area contributed by atoms with E-state index in [1.165, 1.54) is 12.8 Å². The van der Waals surface area contributed by atoms with Crippen LogP contribution in [0, 0.1) is 0 Å². The van der Waals surface area contributed by atoms with Gasteiger partial charge >= 0.3 is 6.01 Å². The molecule has 1 unspecified atom stereocenters. The molecule has 0 radical (unpaired) electrons. The lowest BCUT2D eigenvalue weighted by Gasteiger charge is -2.19. The number of ether oxygens (including phenoxy) is 1. The lowest BCUT2D eigenvalue weighted by Crippen LogP contribution is -2.20. The van der Waals surface area contributed by atoms with Crippen LogP contribution in [0.15, 0.2) is 6.20 Å². The summed E-state index contributed by atoms with van der Waals surface area (Å²) in [7, 11) is 1.55. The summed E-state index contributed by atoms with van der Waals surface area (Å²) >= 11 is 6.09. The van der Waals surface area contributed by atoms with Crippen molar-refractivity contribution in [1.82, 2.24) is 9.97 Å². The van der Waals surface area contributed by atoms with E-state index in [4.69, 9.17) is 16.3 Å². The number of halogens is 1. The van der Waals surface area contributed by atoms with Crippen LogP contribution in [-0.4, -0.2) is 23.1 Å². The van der Waals surface area contributed by atoms with Gasteiger partial charge in [0.15, 0.2) is 5.82 Å². The van der Waals surface area contributed by atoms with Gasteiger partial charge in [-0.2, -0.15) is 4.98 Å². The van der Waals surface area contributed by atoms with Gasteiger partial charge in [-0.1, -0.05) is 44.7 Å². The third kappa shape index (κ3) is 4.69. The Labute approximate surface area is 114 Å².